The second-order valence-electron chi connectivity index (χ2n) is 2.11. The lowest BCUT2D eigenvalue weighted by Crippen LogP contribution is -1.92. The summed E-state index contributed by atoms with van der Waals surface area (Å²) in [6.07, 6.45) is 3.88. The topological polar surface area (TPSA) is 64.9 Å². The van der Waals surface area contributed by atoms with Gasteiger partial charge in [0.25, 0.3) is 5.22 Å². The molecule has 1 rings (SSSR count). The molecule has 2 N–H and O–H groups in total. The first-order valence-electron chi connectivity index (χ1n) is 3.61. The van der Waals surface area contributed by atoms with Crippen LogP contribution in [-0.2, 0) is 0 Å². The molecule has 0 bridgehead atoms. The summed E-state index contributed by atoms with van der Waals surface area (Å²) in [4.78, 5) is 0. The average molecular weight is 185 g/mol. The first-order valence-corrected chi connectivity index (χ1v) is 4.59. The minimum atomic E-state index is 0.573. The number of nitrogens with two attached hydrogens (primary N) is 1. The number of aromatic nitrogens is 2. The summed E-state index contributed by atoms with van der Waals surface area (Å²) in [5.74, 6) is 1.42. The zero-order valence-electron chi connectivity index (χ0n) is 6.86. The quantitative estimate of drug-likeness (QED) is 0.559. The van der Waals surface area contributed by atoms with Crippen LogP contribution in [0, 0.1) is 6.92 Å². The van der Waals surface area contributed by atoms with Gasteiger partial charge in [0.05, 0.1) is 0 Å². The van der Waals surface area contributed by atoms with Crippen LogP contribution in [0.4, 0.5) is 0 Å². The fourth-order valence-corrected chi connectivity index (χ4v) is 1.27. The summed E-state index contributed by atoms with van der Waals surface area (Å²) in [7, 11) is 0. The molecule has 0 aliphatic heterocycles. The van der Waals surface area contributed by atoms with Crippen molar-refractivity contribution in [3.05, 3.63) is 18.0 Å². The van der Waals surface area contributed by atoms with Crippen molar-refractivity contribution >= 4 is 11.8 Å². The smallest absolute Gasteiger partial charge is 0.276 e. The minimum Gasteiger partial charge on any atom is -0.416 e. The molecule has 0 saturated carbocycles. The lowest BCUT2D eigenvalue weighted by atomic mass is 10.5. The molecule has 0 saturated heterocycles. The molecule has 4 nitrogen and oxygen atoms in total. The fraction of sp³-hybridized carbons (Fsp3) is 0.429. The van der Waals surface area contributed by atoms with Crippen molar-refractivity contribution in [2.24, 2.45) is 5.73 Å². The molecule has 12 heavy (non-hydrogen) atoms. The van der Waals surface area contributed by atoms with Gasteiger partial charge in [-0.1, -0.05) is 23.9 Å². The fourth-order valence-electron chi connectivity index (χ4n) is 0.620. The molecule has 1 heterocycles. The van der Waals surface area contributed by atoms with Crippen LogP contribution >= 0.6 is 11.8 Å². The molecule has 0 fully saturated rings. The van der Waals surface area contributed by atoms with Gasteiger partial charge in [0.1, 0.15) is 0 Å². The van der Waals surface area contributed by atoms with Gasteiger partial charge in [0.2, 0.25) is 5.89 Å². The first-order chi connectivity index (χ1) is 5.83. The largest absolute Gasteiger partial charge is 0.416 e. The molecule has 1 aromatic rings. The van der Waals surface area contributed by atoms with E-state index in [1.807, 2.05) is 12.2 Å². The normalized spacial score (nSPS) is 11.2. The van der Waals surface area contributed by atoms with Gasteiger partial charge in [0.15, 0.2) is 0 Å². The third-order valence-electron chi connectivity index (χ3n) is 1.11. The van der Waals surface area contributed by atoms with E-state index in [1.54, 1.807) is 6.92 Å². The average Bonchev–Trinajstić information content (AvgIpc) is 2.45. The van der Waals surface area contributed by atoms with E-state index in [9.17, 15) is 0 Å². The third kappa shape index (κ3) is 3.06. The van der Waals surface area contributed by atoms with Crippen LogP contribution in [0.25, 0.3) is 0 Å². The molecule has 0 spiro atoms. The Morgan fingerprint density at radius 3 is 2.92 bits per heavy atom. The van der Waals surface area contributed by atoms with Gasteiger partial charge in [-0.05, 0) is 0 Å². The van der Waals surface area contributed by atoms with Crippen molar-refractivity contribution in [2.75, 3.05) is 12.3 Å². The van der Waals surface area contributed by atoms with Gasteiger partial charge in [-0.2, -0.15) is 0 Å². The van der Waals surface area contributed by atoms with Crippen molar-refractivity contribution in [3.8, 4) is 0 Å². The molecule has 0 aromatic carbocycles. The molecule has 0 amide bonds. The standard InChI is InChI=1S/C7H11N3OS/c1-6-9-10-7(11-6)12-5-3-2-4-8/h2-3H,4-5,8H2,1H3. The maximum absolute atomic E-state index is 5.26. The third-order valence-corrected chi connectivity index (χ3v) is 1.88. The number of rotatable bonds is 4. The van der Waals surface area contributed by atoms with Gasteiger partial charge >= 0.3 is 0 Å². The summed E-state index contributed by atoms with van der Waals surface area (Å²) in [5.41, 5.74) is 5.26. The number of aryl methyl sites for hydroxylation is 1. The Morgan fingerprint density at radius 2 is 2.33 bits per heavy atom. The molecule has 66 valence electrons. The Labute approximate surface area is 75.2 Å². The second kappa shape index (κ2) is 4.95. The first kappa shape index (κ1) is 9.28. The summed E-state index contributed by atoms with van der Waals surface area (Å²) >= 11 is 1.50. The summed E-state index contributed by atoms with van der Waals surface area (Å²) < 4.78 is 5.14. The molecule has 0 atom stereocenters. The van der Waals surface area contributed by atoms with E-state index in [4.69, 9.17) is 10.2 Å². The van der Waals surface area contributed by atoms with Crippen molar-refractivity contribution in [1.29, 1.82) is 0 Å². The predicted molar refractivity (Wildman–Crippen MR) is 48.0 cm³/mol. The van der Waals surface area contributed by atoms with Crippen molar-refractivity contribution in [1.82, 2.24) is 10.2 Å². The second-order valence-corrected chi connectivity index (χ2v) is 3.08. The van der Waals surface area contributed by atoms with Crippen molar-refractivity contribution in [3.63, 3.8) is 0 Å². The zero-order valence-corrected chi connectivity index (χ0v) is 7.67. The number of nitrogens with zero attached hydrogens (tertiary/aromatic N) is 2. The zero-order chi connectivity index (χ0) is 8.81. The van der Waals surface area contributed by atoms with E-state index in [1.165, 1.54) is 11.8 Å². The van der Waals surface area contributed by atoms with Gasteiger partial charge in [0, 0.05) is 19.2 Å². The molecular weight excluding hydrogens is 174 g/mol. The van der Waals surface area contributed by atoms with E-state index in [-0.39, 0.29) is 0 Å². The molecule has 0 radical (unpaired) electrons. The minimum absolute atomic E-state index is 0.573. The molecule has 0 aliphatic carbocycles. The van der Waals surface area contributed by atoms with Gasteiger partial charge in [-0.3, -0.25) is 0 Å². The number of hydrogen-bond donors (Lipinski definition) is 1. The Bertz CT molecular complexity index is 259. The van der Waals surface area contributed by atoms with Crippen LogP contribution < -0.4 is 5.73 Å². The monoisotopic (exact) mass is 185 g/mol. The van der Waals surface area contributed by atoms with Gasteiger partial charge in [-0.25, -0.2) is 0 Å². The Balaban J connectivity index is 2.28. The van der Waals surface area contributed by atoms with Gasteiger partial charge < -0.3 is 10.2 Å². The van der Waals surface area contributed by atoms with E-state index in [2.05, 4.69) is 10.2 Å². The maximum Gasteiger partial charge on any atom is 0.276 e. The van der Waals surface area contributed by atoms with Crippen LogP contribution in [0.1, 0.15) is 5.89 Å². The molecule has 5 heteroatoms. The van der Waals surface area contributed by atoms with Crippen LogP contribution in [0.5, 0.6) is 0 Å². The van der Waals surface area contributed by atoms with E-state index >= 15 is 0 Å². The highest BCUT2D eigenvalue weighted by Gasteiger charge is 1.99. The van der Waals surface area contributed by atoms with Crippen LogP contribution in [0.15, 0.2) is 21.8 Å². The highest BCUT2D eigenvalue weighted by atomic mass is 32.2. The Hall–Kier alpha value is -0.810. The number of hydrogen-bond acceptors (Lipinski definition) is 5. The van der Waals surface area contributed by atoms with Crippen LogP contribution in [0.3, 0.4) is 0 Å². The van der Waals surface area contributed by atoms with E-state index < -0.39 is 0 Å². The van der Waals surface area contributed by atoms with Crippen molar-refractivity contribution in [2.45, 2.75) is 12.1 Å². The van der Waals surface area contributed by atoms with Crippen molar-refractivity contribution < 1.29 is 4.42 Å². The maximum atomic E-state index is 5.26. The van der Waals surface area contributed by atoms with E-state index in [0.29, 0.717) is 17.7 Å². The van der Waals surface area contributed by atoms with Crippen LogP contribution in [-0.4, -0.2) is 22.5 Å². The lowest BCUT2D eigenvalue weighted by molar-refractivity contribution is 0.429. The van der Waals surface area contributed by atoms with Gasteiger partial charge in [-0.15, -0.1) is 10.2 Å². The summed E-state index contributed by atoms with van der Waals surface area (Å²) in [6, 6.07) is 0. The van der Waals surface area contributed by atoms with Crippen LogP contribution in [0.2, 0.25) is 0 Å². The molecule has 0 aliphatic rings. The Morgan fingerprint density at radius 1 is 1.50 bits per heavy atom. The summed E-state index contributed by atoms with van der Waals surface area (Å²) in [5, 5.41) is 8.13. The molecular formula is C7H11N3OS. The Kier molecular flexibility index (Phi) is 3.83. The van der Waals surface area contributed by atoms with E-state index in [0.717, 1.165) is 5.75 Å². The molecule has 0 unspecified atom stereocenters. The lowest BCUT2D eigenvalue weighted by Gasteiger charge is -1.87. The number of thioether (sulfide) groups is 1. The SMILES string of the molecule is Cc1nnc(SCC=CCN)o1. The summed E-state index contributed by atoms with van der Waals surface area (Å²) in [6.45, 7) is 2.34. The molecule has 1 aromatic heterocycles. The predicted octanol–water partition coefficient (Wildman–Crippen LogP) is 0.985. The highest BCUT2D eigenvalue weighted by Crippen LogP contribution is 2.14. The highest BCUT2D eigenvalue weighted by molar-refractivity contribution is 7.99.